The van der Waals surface area contributed by atoms with Crippen LogP contribution >= 0.6 is 0 Å². The average molecular weight is 480 g/mol. The first-order valence-corrected chi connectivity index (χ1v) is 11.8. The number of fused-ring (bicyclic) bond motifs is 4. The molecular formula is C33H30N2O. The zero-order valence-corrected chi connectivity index (χ0v) is 20.2. The summed E-state index contributed by atoms with van der Waals surface area (Å²) in [7, 11) is 0. The Bertz CT molecular complexity index is 2110. The van der Waals surface area contributed by atoms with E-state index in [1.807, 2.05) is 45.0 Å². The summed E-state index contributed by atoms with van der Waals surface area (Å²) in [6, 6.07) is 18.8. The Morgan fingerprint density at radius 2 is 1.64 bits per heavy atom. The standard InChI is InChI=1S/C33H30N2O/c1-19-10-12-23-24-8-7-9-25(32(24)36-30(23)14-19)29-17-27(21(3)18-34-29)26-16-22-11-13-31(33(4,5)6)35-28(22)15-20(26)2/h7-18H,1-6H3/i1D3,2D3,3D3. The molecule has 0 N–H and O–H groups in total. The van der Waals surface area contributed by atoms with E-state index in [4.69, 9.17) is 21.7 Å². The van der Waals surface area contributed by atoms with Crippen LogP contribution in [0.1, 0.15) is 55.5 Å². The third-order valence-corrected chi connectivity index (χ3v) is 6.57. The minimum absolute atomic E-state index is 0.0182. The van der Waals surface area contributed by atoms with Crippen molar-refractivity contribution in [2.75, 3.05) is 0 Å². The SMILES string of the molecule is [2H]C([2H])([2H])c1ccc2c(c1)oc1c(-c3cc(-c4cc5ccc(C(C)(C)C)nc5cc4C([2H])([2H])[2H])c(C([2H])([2H])[2H])cn3)cccc12. The number of aromatic nitrogens is 2. The third kappa shape index (κ3) is 3.67. The Kier molecular flexibility index (Phi) is 3.24. The molecule has 3 heteroatoms. The van der Waals surface area contributed by atoms with E-state index in [2.05, 4.69) is 4.98 Å². The molecule has 3 nitrogen and oxygen atoms in total. The van der Waals surface area contributed by atoms with Crippen molar-refractivity contribution in [3.05, 3.63) is 95.3 Å². The number of rotatable bonds is 2. The van der Waals surface area contributed by atoms with Crippen LogP contribution in [0.5, 0.6) is 0 Å². The maximum Gasteiger partial charge on any atom is 0.144 e. The second kappa shape index (κ2) is 8.03. The number of hydrogen-bond donors (Lipinski definition) is 0. The molecule has 0 saturated heterocycles. The fraction of sp³-hybridized carbons (Fsp3) is 0.212. The molecule has 178 valence electrons. The number of nitrogens with zero attached hydrogens (tertiary/aromatic N) is 2. The van der Waals surface area contributed by atoms with Crippen molar-refractivity contribution in [2.24, 2.45) is 0 Å². The molecule has 0 radical (unpaired) electrons. The number of aryl methyl sites for hydroxylation is 3. The zero-order chi connectivity index (χ0) is 32.7. The molecule has 6 rings (SSSR count). The summed E-state index contributed by atoms with van der Waals surface area (Å²) in [5.41, 5.74) is 3.32. The highest BCUT2D eigenvalue weighted by Crippen LogP contribution is 2.38. The van der Waals surface area contributed by atoms with Gasteiger partial charge in [0.15, 0.2) is 0 Å². The van der Waals surface area contributed by atoms with Crippen LogP contribution in [0.25, 0.3) is 55.2 Å². The molecular weight excluding hydrogens is 440 g/mol. The highest BCUT2D eigenvalue weighted by Gasteiger charge is 2.18. The van der Waals surface area contributed by atoms with Gasteiger partial charge in [0.25, 0.3) is 0 Å². The van der Waals surface area contributed by atoms with Crippen LogP contribution in [0, 0.1) is 20.6 Å². The van der Waals surface area contributed by atoms with Crippen molar-refractivity contribution >= 4 is 32.8 Å². The van der Waals surface area contributed by atoms with E-state index in [1.165, 1.54) is 18.3 Å². The number of para-hydroxylation sites is 1. The normalized spacial score (nSPS) is 16.9. The van der Waals surface area contributed by atoms with E-state index in [9.17, 15) is 0 Å². The topological polar surface area (TPSA) is 38.9 Å². The molecule has 0 unspecified atom stereocenters. The third-order valence-electron chi connectivity index (χ3n) is 6.57. The van der Waals surface area contributed by atoms with Gasteiger partial charge in [0.2, 0.25) is 0 Å². The minimum atomic E-state index is -2.59. The Balaban J connectivity index is 1.62. The van der Waals surface area contributed by atoms with Gasteiger partial charge in [-0.1, -0.05) is 51.1 Å². The summed E-state index contributed by atoms with van der Waals surface area (Å²) in [5, 5.41) is 2.13. The van der Waals surface area contributed by atoms with Gasteiger partial charge in [0.1, 0.15) is 11.2 Å². The van der Waals surface area contributed by atoms with Crippen molar-refractivity contribution in [2.45, 2.75) is 46.7 Å². The summed E-state index contributed by atoms with van der Waals surface area (Å²) in [5.74, 6) is 0. The minimum Gasteiger partial charge on any atom is -0.455 e. The molecule has 0 spiro atoms. The summed E-state index contributed by atoms with van der Waals surface area (Å²) in [6.45, 7) is -1.39. The van der Waals surface area contributed by atoms with Gasteiger partial charge in [-0.2, -0.15) is 0 Å². The van der Waals surface area contributed by atoms with Crippen molar-refractivity contribution < 1.29 is 16.8 Å². The molecule has 0 bridgehead atoms. The molecule has 0 amide bonds. The zero-order valence-electron chi connectivity index (χ0n) is 29.2. The smallest absolute Gasteiger partial charge is 0.144 e. The quantitative estimate of drug-likeness (QED) is 0.249. The largest absolute Gasteiger partial charge is 0.455 e. The van der Waals surface area contributed by atoms with Crippen molar-refractivity contribution in [3.8, 4) is 22.4 Å². The molecule has 0 atom stereocenters. The van der Waals surface area contributed by atoms with Gasteiger partial charge >= 0.3 is 0 Å². The summed E-state index contributed by atoms with van der Waals surface area (Å²) >= 11 is 0. The first-order chi connectivity index (χ1) is 20.8. The first kappa shape index (κ1) is 14.5. The number of benzene rings is 3. The summed E-state index contributed by atoms with van der Waals surface area (Å²) in [4.78, 5) is 9.26. The lowest BCUT2D eigenvalue weighted by Gasteiger charge is -2.19. The van der Waals surface area contributed by atoms with Crippen LogP contribution in [0.2, 0.25) is 0 Å². The monoisotopic (exact) mass is 479 g/mol. The Labute approximate surface area is 224 Å². The Morgan fingerprint density at radius 1 is 0.778 bits per heavy atom. The van der Waals surface area contributed by atoms with Gasteiger partial charge in [0.05, 0.1) is 11.2 Å². The predicted molar refractivity (Wildman–Crippen MR) is 151 cm³/mol. The molecule has 3 aromatic carbocycles. The van der Waals surface area contributed by atoms with Gasteiger partial charge in [0, 0.05) is 51.4 Å². The molecule has 6 aromatic rings. The molecule has 0 aliphatic heterocycles. The van der Waals surface area contributed by atoms with Crippen molar-refractivity contribution in [1.29, 1.82) is 0 Å². The summed E-state index contributed by atoms with van der Waals surface area (Å²) < 4.78 is 79.5. The van der Waals surface area contributed by atoms with E-state index in [0.29, 0.717) is 33.3 Å². The van der Waals surface area contributed by atoms with Crippen molar-refractivity contribution in [1.82, 2.24) is 9.97 Å². The number of pyridine rings is 2. The molecule has 0 saturated carbocycles. The van der Waals surface area contributed by atoms with E-state index >= 15 is 0 Å². The Morgan fingerprint density at radius 3 is 2.44 bits per heavy atom. The van der Waals surface area contributed by atoms with Crippen LogP contribution in [0.15, 0.2) is 77.3 Å². The molecule has 0 fully saturated rings. The lowest BCUT2D eigenvalue weighted by molar-refractivity contribution is 0.571. The molecule has 3 heterocycles. The van der Waals surface area contributed by atoms with Crippen LogP contribution < -0.4 is 0 Å². The lowest BCUT2D eigenvalue weighted by atomic mass is 9.90. The maximum atomic E-state index is 8.38. The van der Waals surface area contributed by atoms with E-state index < -0.39 is 20.6 Å². The van der Waals surface area contributed by atoms with Crippen molar-refractivity contribution in [3.63, 3.8) is 0 Å². The van der Waals surface area contributed by atoms with Gasteiger partial charge in [-0.15, -0.1) is 0 Å². The second-order valence-electron chi connectivity index (χ2n) is 10.1. The number of hydrogen-bond acceptors (Lipinski definition) is 3. The molecule has 0 aliphatic rings. The van der Waals surface area contributed by atoms with Gasteiger partial charge in [-0.3, -0.25) is 9.97 Å². The first-order valence-electron chi connectivity index (χ1n) is 16.3. The van der Waals surface area contributed by atoms with Gasteiger partial charge in [-0.25, -0.2) is 0 Å². The lowest BCUT2D eigenvalue weighted by Crippen LogP contribution is -2.13. The highest BCUT2D eigenvalue weighted by atomic mass is 16.3. The van der Waals surface area contributed by atoms with E-state index in [0.717, 1.165) is 16.5 Å². The highest BCUT2D eigenvalue weighted by molar-refractivity contribution is 6.09. The van der Waals surface area contributed by atoms with Crippen LogP contribution in [-0.4, -0.2) is 9.97 Å². The predicted octanol–water partition coefficient (Wildman–Crippen LogP) is 9.09. The van der Waals surface area contributed by atoms with E-state index in [-0.39, 0.29) is 33.2 Å². The molecule has 3 aromatic heterocycles. The average Bonchev–Trinajstić information content (AvgIpc) is 3.32. The fourth-order valence-corrected chi connectivity index (χ4v) is 4.64. The van der Waals surface area contributed by atoms with Crippen LogP contribution in [0.4, 0.5) is 0 Å². The van der Waals surface area contributed by atoms with Gasteiger partial charge in [-0.05, 0) is 84.8 Å². The van der Waals surface area contributed by atoms with Crippen LogP contribution in [0.3, 0.4) is 0 Å². The van der Waals surface area contributed by atoms with Gasteiger partial charge < -0.3 is 4.42 Å². The maximum absolute atomic E-state index is 8.38. The summed E-state index contributed by atoms with van der Waals surface area (Å²) in [6.07, 6.45) is 1.26. The number of furan rings is 1. The second-order valence-corrected chi connectivity index (χ2v) is 10.1. The molecule has 0 aliphatic carbocycles. The molecule has 36 heavy (non-hydrogen) atoms. The van der Waals surface area contributed by atoms with E-state index in [1.54, 1.807) is 30.3 Å². The fourth-order valence-electron chi connectivity index (χ4n) is 4.64. The Hall–Kier alpha value is -3.98. The van der Waals surface area contributed by atoms with Crippen LogP contribution in [-0.2, 0) is 5.41 Å².